The van der Waals surface area contributed by atoms with Crippen molar-refractivity contribution >= 4 is 34.2 Å². The molecule has 1 aromatic carbocycles. The van der Waals surface area contributed by atoms with Gasteiger partial charge >= 0.3 is 5.97 Å². The number of benzene rings is 1. The molecule has 1 atom stereocenters. The summed E-state index contributed by atoms with van der Waals surface area (Å²) in [4.78, 5) is 27.5. The van der Waals surface area contributed by atoms with Crippen LogP contribution in [-0.4, -0.2) is 30.0 Å². The molecule has 1 amide bonds. The fourth-order valence-corrected chi connectivity index (χ4v) is 2.06. The molecule has 0 aliphatic heterocycles. The van der Waals surface area contributed by atoms with Crippen LogP contribution in [0.3, 0.4) is 0 Å². The zero-order chi connectivity index (χ0) is 14.7. The largest absolute Gasteiger partial charge is 0.467 e. The number of fused-ring (bicyclic) bond motifs is 1. The summed E-state index contributed by atoms with van der Waals surface area (Å²) in [5, 5.41) is 4.26. The van der Waals surface area contributed by atoms with Crippen molar-refractivity contribution in [2.75, 3.05) is 7.11 Å². The molecule has 0 aliphatic carbocycles. The maximum Gasteiger partial charge on any atom is 0.328 e. The van der Waals surface area contributed by atoms with Crippen LogP contribution in [0.2, 0.25) is 5.15 Å². The Bertz CT molecular complexity index is 673. The molecule has 5 nitrogen and oxygen atoms in total. The molecule has 0 radical (unpaired) electrons. The molecule has 1 aromatic heterocycles. The van der Waals surface area contributed by atoms with Gasteiger partial charge in [0.15, 0.2) is 0 Å². The van der Waals surface area contributed by atoms with Crippen molar-refractivity contribution in [3.63, 3.8) is 0 Å². The van der Waals surface area contributed by atoms with Crippen LogP contribution in [0.4, 0.5) is 0 Å². The molecule has 0 saturated heterocycles. The summed E-state index contributed by atoms with van der Waals surface area (Å²) in [6, 6.07) is 6.45. The van der Waals surface area contributed by atoms with Gasteiger partial charge in [0.2, 0.25) is 0 Å². The number of carbonyl (C=O) groups excluding carboxylic acids is 2. The Kier molecular flexibility index (Phi) is 4.20. The number of hydrogen-bond acceptors (Lipinski definition) is 4. The van der Waals surface area contributed by atoms with E-state index in [4.69, 9.17) is 11.6 Å². The summed E-state index contributed by atoms with van der Waals surface area (Å²) in [5.41, 5.74) is 0.362. The van der Waals surface area contributed by atoms with Gasteiger partial charge in [0, 0.05) is 11.6 Å². The Morgan fingerprint density at radius 2 is 1.95 bits per heavy atom. The first-order valence-corrected chi connectivity index (χ1v) is 6.34. The molecule has 2 rings (SSSR count). The van der Waals surface area contributed by atoms with Crippen molar-refractivity contribution in [1.82, 2.24) is 10.3 Å². The summed E-state index contributed by atoms with van der Waals surface area (Å²) in [7, 11) is 1.27. The summed E-state index contributed by atoms with van der Waals surface area (Å²) < 4.78 is 4.56. The second-order valence-corrected chi connectivity index (χ2v) is 4.58. The van der Waals surface area contributed by atoms with Crippen LogP contribution in [0.5, 0.6) is 0 Å². The van der Waals surface area contributed by atoms with E-state index in [0.717, 1.165) is 0 Å². The van der Waals surface area contributed by atoms with E-state index in [2.05, 4.69) is 15.0 Å². The number of rotatable bonds is 3. The van der Waals surface area contributed by atoms with Crippen LogP contribution >= 0.6 is 11.6 Å². The van der Waals surface area contributed by atoms with E-state index >= 15 is 0 Å². The van der Waals surface area contributed by atoms with Crippen molar-refractivity contribution < 1.29 is 14.3 Å². The van der Waals surface area contributed by atoms with Gasteiger partial charge in [-0.15, -0.1) is 0 Å². The monoisotopic (exact) mass is 292 g/mol. The van der Waals surface area contributed by atoms with Crippen LogP contribution in [0.1, 0.15) is 17.3 Å². The van der Waals surface area contributed by atoms with Crippen molar-refractivity contribution in [2.45, 2.75) is 13.0 Å². The third-order valence-corrected chi connectivity index (χ3v) is 3.19. The average Bonchev–Trinajstić information content (AvgIpc) is 2.46. The van der Waals surface area contributed by atoms with Crippen molar-refractivity contribution in [2.24, 2.45) is 0 Å². The van der Waals surface area contributed by atoms with Gasteiger partial charge in [-0.1, -0.05) is 35.9 Å². The third-order valence-electron chi connectivity index (χ3n) is 2.89. The predicted octanol–water partition coefficient (Wildman–Crippen LogP) is 2.18. The van der Waals surface area contributed by atoms with Gasteiger partial charge in [-0.25, -0.2) is 9.78 Å². The van der Waals surface area contributed by atoms with Crippen molar-refractivity contribution in [1.29, 1.82) is 0 Å². The Morgan fingerprint density at radius 3 is 2.60 bits per heavy atom. The van der Waals surface area contributed by atoms with E-state index in [1.807, 2.05) is 6.07 Å². The van der Waals surface area contributed by atoms with E-state index in [1.165, 1.54) is 13.3 Å². The van der Waals surface area contributed by atoms with Crippen LogP contribution in [0, 0.1) is 0 Å². The van der Waals surface area contributed by atoms with Gasteiger partial charge < -0.3 is 10.1 Å². The van der Waals surface area contributed by atoms with E-state index in [0.29, 0.717) is 21.5 Å². The molecule has 0 saturated carbocycles. The first-order valence-electron chi connectivity index (χ1n) is 5.96. The van der Waals surface area contributed by atoms with Gasteiger partial charge in [0.05, 0.1) is 12.7 Å². The fraction of sp³-hybridized carbons (Fsp3) is 0.214. The number of hydrogen-bond donors (Lipinski definition) is 1. The zero-order valence-corrected chi connectivity index (χ0v) is 11.8. The molecule has 6 heteroatoms. The second kappa shape index (κ2) is 5.88. The Hall–Kier alpha value is -2.14. The quantitative estimate of drug-likeness (QED) is 0.695. The normalized spacial score (nSPS) is 11.9. The predicted molar refractivity (Wildman–Crippen MR) is 75.7 cm³/mol. The molecule has 1 unspecified atom stereocenters. The molecule has 1 heterocycles. The first kappa shape index (κ1) is 14.3. The smallest absolute Gasteiger partial charge is 0.328 e. The van der Waals surface area contributed by atoms with Gasteiger partial charge in [-0.3, -0.25) is 4.79 Å². The highest BCUT2D eigenvalue weighted by atomic mass is 35.5. The standard InChI is InChI=1S/C14H13ClN2O3/c1-8(14(19)20-2)17-13(18)11-7-16-12(15)10-6-4-3-5-9(10)11/h3-8H,1-2H3,(H,17,18). The molecule has 2 aromatic rings. The summed E-state index contributed by atoms with van der Waals surface area (Å²) in [5.74, 6) is -0.909. The first-order chi connectivity index (χ1) is 9.54. The number of ether oxygens (including phenoxy) is 1. The van der Waals surface area contributed by atoms with Crippen LogP contribution < -0.4 is 5.32 Å². The molecule has 104 valence electrons. The fourth-order valence-electron chi connectivity index (χ4n) is 1.85. The van der Waals surface area contributed by atoms with Crippen LogP contribution in [0.15, 0.2) is 30.5 Å². The number of aromatic nitrogens is 1. The van der Waals surface area contributed by atoms with E-state index in [9.17, 15) is 9.59 Å². The minimum atomic E-state index is -0.734. The van der Waals surface area contributed by atoms with Gasteiger partial charge in [-0.2, -0.15) is 0 Å². The Labute approximate surface area is 120 Å². The number of methoxy groups -OCH3 is 1. The average molecular weight is 293 g/mol. The lowest BCUT2D eigenvalue weighted by Crippen LogP contribution is -2.39. The van der Waals surface area contributed by atoms with E-state index in [-0.39, 0.29) is 0 Å². The number of nitrogens with one attached hydrogen (secondary N) is 1. The number of amides is 1. The Balaban J connectivity index is 2.36. The molecule has 1 N–H and O–H groups in total. The number of nitrogens with zero attached hydrogens (tertiary/aromatic N) is 1. The molecular formula is C14H13ClN2O3. The van der Waals surface area contributed by atoms with Gasteiger partial charge in [0.25, 0.3) is 5.91 Å². The number of pyridine rings is 1. The summed E-state index contributed by atoms with van der Waals surface area (Å²) in [6.07, 6.45) is 1.39. The lowest BCUT2D eigenvalue weighted by molar-refractivity contribution is -0.142. The minimum absolute atomic E-state index is 0.332. The highest BCUT2D eigenvalue weighted by Crippen LogP contribution is 2.24. The summed E-state index contributed by atoms with van der Waals surface area (Å²) in [6.45, 7) is 1.55. The van der Waals surface area contributed by atoms with Crippen molar-refractivity contribution in [3.05, 3.63) is 41.2 Å². The zero-order valence-electron chi connectivity index (χ0n) is 11.0. The van der Waals surface area contributed by atoms with E-state index in [1.54, 1.807) is 25.1 Å². The van der Waals surface area contributed by atoms with Crippen molar-refractivity contribution in [3.8, 4) is 0 Å². The maximum atomic E-state index is 12.2. The maximum absolute atomic E-state index is 12.2. The van der Waals surface area contributed by atoms with Crippen LogP contribution in [-0.2, 0) is 9.53 Å². The van der Waals surface area contributed by atoms with Gasteiger partial charge in [-0.05, 0) is 12.3 Å². The molecule has 0 fully saturated rings. The SMILES string of the molecule is COC(=O)C(C)NC(=O)c1cnc(Cl)c2ccccc12. The highest BCUT2D eigenvalue weighted by Gasteiger charge is 2.19. The van der Waals surface area contributed by atoms with Crippen LogP contribution in [0.25, 0.3) is 10.8 Å². The van der Waals surface area contributed by atoms with E-state index < -0.39 is 17.9 Å². The molecule has 0 aliphatic rings. The third kappa shape index (κ3) is 2.72. The molecule has 0 spiro atoms. The lowest BCUT2D eigenvalue weighted by atomic mass is 10.1. The number of carbonyl (C=O) groups is 2. The Morgan fingerprint density at radius 1 is 1.30 bits per heavy atom. The minimum Gasteiger partial charge on any atom is -0.467 e. The highest BCUT2D eigenvalue weighted by molar-refractivity contribution is 6.34. The van der Waals surface area contributed by atoms with Gasteiger partial charge in [0.1, 0.15) is 11.2 Å². The number of esters is 1. The molecular weight excluding hydrogens is 280 g/mol. The molecule has 20 heavy (non-hydrogen) atoms. The number of halogens is 1. The lowest BCUT2D eigenvalue weighted by Gasteiger charge is -2.12. The summed E-state index contributed by atoms with van der Waals surface area (Å²) >= 11 is 6.00. The molecule has 0 bridgehead atoms. The topological polar surface area (TPSA) is 68.3 Å². The second-order valence-electron chi connectivity index (χ2n) is 4.23.